The molecule has 2 atom stereocenters. The predicted molar refractivity (Wildman–Crippen MR) is 65.6 cm³/mol. The molecule has 0 spiro atoms. The maximum absolute atomic E-state index is 3.56. The van der Waals surface area contributed by atoms with Gasteiger partial charge in [-0.2, -0.15) is 0 Å². The highest BCUT2D eigenvalue weighted by molar-refractivity contribution is 4.68. The summed E-state index contributed by atoms with van der Waals surface area (Å²) >= 11 is 0. The second-order valence-corrected chi connectivity index (χ2v) is 4.52. The highest BCUT2D eigenvalue weighted by Gasteiger charge is 2.14. The first-order chi connectivity index (χ1) is 6.76. The minimum Gasteiger partial charge on any atom is -0.316 e. The molecule has 0 amide bonds. The maximum Gasteiger partial charge on any atom is -0.00180 e. The summed E-state index contributed by atoms with van der Waals surface area (Å²) in [4.78, 5) is 0. The van der Waals surface area contributed by atoms with Gasteiger partial charge in [0.15, 0.2) is 0 Å². The van der Waals surface area contributed by atoms with Crippen LogP contribution in [0, 0.1) is 11.8 Å². The van der Waals surface area contributed by atoms with Crippen LogP contribution in [-0.2, 0) is 0 Å². The molecule has 0 saturated heterocycles. The van der Waals surface area contributed by atoms with Crippen LogP contribution in [0.25, 0.3) is 0 Å². The lowest BCUT2D eigenvalue weighted by molar-refractivity contribution is 0.300. The molecule has 86 valence electrons. The summed E-state index contributed by atoms with van der Waals surface area (Å²) in [5, 5.41) is 3.56. The summed E-state index contributed by atoms with van der Waals surface area (Å²) in [6.07, 6.45) is 6.68. The van der Waals surface area contributed by atoms with E-state index in [0.717, 1.165) is 11.8 Å². The second kappa shape index (κ2) is 9.51. The molecule has 1 N–H and O–H groups in total. The summed E-state index contributed by atoms with van der Waals surface area (Å²) in [6, 6.07) is 0. The molecule has 14 heavy (non-hydrogen) atoms. The molecule has 0 aromatic carbocycles. The summed E-state index contributed by atoms with van der Waals surface area (Å²) in [5.41, 5.74) is 0. The normalized spacial score (nSPS) is 15.4. The highest BCUT2D eigenvalue weighted by atomic mass is 14.9. The summed E-state index contributed by atoms with van der Waals surface area (Å²) < 4.78 is 0. The largest absolute Gasteiger partial charge is 0.316 e. The van der Waals surface area contributed by atoms with Crippen LogP contribution in [0.4, 0.5) is 0 Å². The number of hydrogen-bond donors (Lipinski definition) is 1. The number of rotatable bonds is 9. The van der Waals surface area contributed by atoms with Gasteiger partial charge in [0.25, 0.3) is 0 Å². The minimum absolute atomic E-state index is 0.893. The molecule has 0 bridgehead atoms. The van der Waals surface area contributed by atoms with Crippen LogP contribution in [0.5, 0.6) is 0 Å². The fourth-order valence-electron chi connectivity index (χ4n) is 2.11. The molecular weight excluding hydrogens is 170 g/mol. The monoisotopic (exact) mass is 199 g/mol. The van der Waals surface area contributed by atoms with E-state index >= 15 is 0 Å². The third kappa shape index (κ3) is 6.42. The van der Waals surface area contributed by atoms with Crippen LogP contribution in [0.15, 0.2) is 0 Å². The zero-order chi connectivity index (χ0) is 10.8. The molecular formula is C13H29N. The Morgan fingerprint density at radius 1 is 0.929 bits per heavy atom. The van der Waals surface area contributed by atoms with Gasteiger partial charge in [-0.05, 0) is 37.8 Å². The summed E-state index contributed by atoms with van der Waals surface area (Å²) in [5.74, 6) is 1.79. The molecule has 0 saturated carbocycles. The van der Waals surface area contributed by atoms with E-state index in [1.165, 1.54) is 45.2 Å². The van der Waals surface area contributed by atoms with Crippen LogP contribution in [0.3, 0.4) is 0 Å². The smallest absolute Gasteiger partial charge is 0.00180 e. The molecule has 0 aromatic rings. The van der Waals surface area contributed by atoms with Gasteiger partial charge < -0.3 is 5.32 Å². The van der Waals surface area contributed by atoms with Crippen molar-refractivity contribution in [3.8, 4) is 0 Å². The first kappa shape index (κ1) is 14.0. The molecule has 0 rings (SSSR count). The van der Waals surface area contributed by atoms with Crippen molar-refractivity contribution in [3.05, 3.63) is 0 Å². The van der Waals surface area contributed by atoms with E-state index in [1.54, 1.807) is 0 Å². The average Bonchev–Trinajstić information content (AvgIpc) is 2.17. The van der Waals surface area contributed by atoms with Gasteiger partial charge in [-0.1, -0.05) is 47.0 Å². The summed E-state index contributed by atoms with van der Waals surface area (Å²) in [7, 11) is 0. The van der Waals surface area contributed by atoms with Crippen molar-refractivity contribution in [2.45, 2.75) is 59.8 Å². The Labute approximate surface area is 90.7 Å². The van der Waals surface area contributed by atoms with E-state index in [0.29, 0.717) is 0 Å². The van der Waals surface area contributed by atoms with Crippen molar-refractivity contribution in [1.82, 2.24) is 5.32 Å². The highest BCUT2D eigenvalue weighted by Crippen LogP contribution is 2.21. The topological polar surface area (TPSA) is 12.0 Å². The van der Waals surface area contributed by atoms with Gasteiger partial charge in [0.05, 0.1) is 0 Å². The van der Waals surface area contributed by atoms with Gasteiger partial charge in [-0.25, -0.2) is 0 Å². The standard InChI is InChI=1S/C13H29N/c1-5-8-12(4)13(9-6-2)11-14-10-7-3/h12-14H,5-11H2,1-4H3. The van der Waals surface area contributed by atoms with E-state index in [4.69, 9.17) is 0 Å². The van der Waals surface area contributed by atoms with E-state index < -0.39 is 0 Å². The average molecular weight is 199 g/mol. The number of nitrogens with one attached hydrogen (secondary N) is 1. The van der Waals surface area contributed by atoms with Crippen molar-refractivity contribution >= 4 is 0 Å². The van der Waals surface area contributed by atoms with Gasteiger partial charge >= 0.3 is 0 Å². The maximum atomic E-state index is 3.56. The molecule has 0 heterocycles. The molecule has 1 heteroatoms. The predicted octanol–water partition coefficient (Wildman–Crippen LogP) is 3.84. The van der Waals surface area contributed by atoms with Crippen LogP contribution >= 0.6 is 0 Å². The Bertz CT molecular complexity index is 112. The Morgan fingerprint density at radius 3 is 2.07 bits per heavy atom. The van der Waals surface area contributed by atoms with Gasteiger partial charge in [-0.15, -0.1) is 0 Å². The van der Waals surface area contributed by atoms with Crippen molar-refractivity contribution in [2.75, 3.05) is 13.1 Å². The minimum atomic E-state index is 0.893. The van der Waals surface area contributed by atoms with E-state index in [9.17, 15) is 0 Å². The molecule has 0 fully saturated rings. The summed E-state index contributed by atoms with van der Waals surface area (Å²) in [6.45, 7) is 11.6. The fraction of sp³-hybridized carbons (Fsp3) is 1.00. The molecule has 0 aliphatic rings. The van der Waals surface area contributed by atoms with Gasteiger partial charge in [-0.3, -0.25) is 0 Å². The Morgan fingerprint density at radius 2 is 1.57 bits per heavy atom. The molecule has 2 unspecified atom stereocenters. The molecule has 0 aromatic heterocycles. The van der Waals surface area contributed by atoms with Crippen molar-refractivity contribution < 1.29 is 0 Å². The fourth-order valence-corrected chi connectivity index (χ4v) is 2.11. The molecule has 0 radical (unpaired) electrons. The Balaban J connectivity index is 3.74. The second-order valence-electron chi connectivity index (χ2n) is 4.52. The molecule has 0 aliphatic carbocycles. The van der Waals surface area contributed by atoms with Crippen molar-refractivity contribution in [2.24, 2.45) is 11.8 Å². The van der Waals surface area contributed by atoms with E-state index in [-0.39, 0.29) is 0 Å². The molecule has 1 nitrogen and oxygen atoms in total. The zero-order valence-electron chi connectivity index (χ0n) is 10.6. The first-order valence-corrected chi connectivity index (χ1v) is 6.46. The van der Waals surface area contributed by atoms with Crippen LogP contribution in [-0.4, -0.2) is 13.1 Å². The van der Waals surface area contributed by atoms with Gasteiger partial charge in [0, 0.05) is 0 Å². The van der Waals surface area contributed by atoms with Gasteiger partial charge in [0.1, 0.15) is 0 Å². The Hall–Kier alpha value is -0.0400. The van der Waals surface area contributed by atoms with Crippen molar-refractivity contribution in [1.29, 1.82) is 0 Å². The third-order valence-electron chi connectivity index (χ3n) is 3.04. The lowest BCUT2D eigenvalue weighted by Crippen LogP contribution is -2.27. The zero-order valence-corrected chi connectivity index (χ0v) is 10.6. The van der Waals surface area contributed by atoms with Crippen LogP contribution in [0.2, 0.25) is 0 Å². The number of hydrogen-bond acceptors (Lipinski definition) is 1. The van der Waals surface area contributed by atoms with Gasteiger partial charge in [0.2, 0.25) is 0 Å². The SMILES string of the molecule is CCCNCC(CCC)C(C)CCC. The third-order valence-corrected chi connectivity index (χ3v) is 3.04. The van der Waals surface area contributed by atoms with E-state index in [2.05, 4.69) is 33.0 Å². The molecule has 0 aliphatic heterocycles. The quantitative estimate of drug-likeness (QED) is 0.556. The first-order valence-electron chi connectivity index (χ1n) is 6.46. The van der Waals surface area contributed by atoms with Crippen molar-refractivity contribution in [3.63, 3.8) is 0 Å². The van der Waals surface area contributed by atoms with Crippen LogP contribution in [0.1, 0.15) is 59.8 Å². The lowest BCUT2D eigenvalue weighted by atomic mass is 9.87. The van der Waals surface area contributed by atoms with E-state index in [1.807, 2.05) is 0 Å². The Kier molecular flexibility index (Phi) is 9.49. The van der Waals surface area contributed by atoms with Crippen LogP contribution < -0.4 is 5.32 Å². The lowest BCUT2D eigenvalue weighted by Gasteiger charge is -2.23.